The molecule has 1 aliphatic carbocycles. The number of H-pyrrole nitrogens is 2. The maximum absolute atomic E-state index is 14.4. The van der Waals surface area contributed by atoms with Gasteiger partial charge in [-0.1, -0.05) is 91.0 Å². The molecule has 37 heavy (non-hydrogen) atoms. The highest BCUT2D eigenvalue weighted by molar-refractivity contribution is 6.54. The summed E-state index contributed by atoms with van der Waals surface area (Å²) in [4.78, 5) is 35.7. The summed E-state index contributed by atoms with van der Waals surface area (Å²) in [7, 11) is 0. The van der Waals surface area contributed by atoms with Crippen LogP contribution >= 0.6 is 0 Å². The fourth-order valence-electron chi connectivity index (χ4n) is 5.67. The Morgan fingerprint density at radius 3 is 1.65 bits per heavy atom. The van der Waals surface area contributed by atoms with Gasteiger partial charge in [0, 0.05) is 60.9 Å². The molecule has 176 valence electrons. The number of rotatable bonds is 3. The van der Waals surface area contributed by atoms with Gasteiger partial charge >= 0.3 is 0 Å². The summed E-state index contributed by atoms with van der Waals surface area (Å²) in [5, 5.41) is 1.83. The molecule has 1 aliphatic rings. The fraction of sp³-hybridized carbons (Fsp3) is 0.0303. The number of benzene rings is 4. The van der Waals surface area contributed by atoms with Gasteiger partial charge < -0.3 is 9.97 Å². The molecule has 4 heteroatoms. The summed E-state index contributed by atoms with van der Waals surface area (Å²) in [6.07, 6.45) is 0. The second kappa shape index (κ2) is 8.04. The van der Waals surface area contributed by atoms with Crippen molar-refractivity contribution in [3.05, 3.63) is 131 Å². The highest BCUT2D eigenvalue weighted by atomic mass is 16.1. The van der Waals surface area contributed by atoms with Crippen molar-refractivity contribution < 1.29 is 9.59 Å². The maximum atomic E-state index is 14.4. The number of aryl methyl sites for hydroxylation is 1. The van der Waals surface area contributed by atoms with Crippen molar-refractivity contribution in [1.82, 2.24) is 9.97 Å². The molecule has 0 saturated heterocycles. The van der Waals surface area contributed by atoms with Crippen molar-refractivity contribution in [2.75, 3.05) is 0 Å². The van der Waals surface area contributed by atoms with E-state index >= 15 is 0 Å². The second-order valence-corrected chi connectivity index (χ2v) is 9.41. The molecule has 2 aromatic heterocycles. The Bertz CT molecular complexity index is 1920. The smallest absolute Gasteiger partial charge is 0.195 e. The minimum absolute atomic E-state index is 0.137. The molecular formula is C33H22N2O2. The van der Waals surface area contributed by atoms with Gasteiger partial charge in [0.25, 0.3) is 0 Å². The van der Waals surface area contributed by atoms with Crippen molar-refractivity contribution in [1.29, 1.82) is 0 Å². The number of nitrogens with one attached hydrogen (secondary N) is 2. The molecule has 2 N–H and O–H groups in total. The highest BCUT2D eigenvalue weighted by Gasteiger charge is 2.37. The minimum Gasteiger partial charge on any atom is -0.358 e. The Hall–Kier alpha value is -4.96. The molecule has 6 aromatic rings. The standard InChI is InChI=1S/C33H22N2O2/c1-19-27(23-15-7-9-17-25(23)34-19)29-30(33(37)22-14-6-5-13-21(22)32(29)36)28-24-16-8-10-18-26(24)35-31(28)20-11-3-2-4-12-20/h2-18,34-35H,1H3. The number of ketones is 2. The predicted molar refractivity (Wildman–Crippen MR) is 149 cm³/mol. The lowest BCUT2D eigenvalue weighted by molar-refractivity contribution is 0.101. The first kappa shape index (κ1) is 21.3. The number of allylic oxidation sites excluding steroid dienone is 2. The van der Waals surface area contributed by atoms with Crippen LogP contribution < -0.4 is 0 Å². The van der Waals surface area contributed by atoms with Crippen molar-refractivity contribution in [3.8, 4) is 11.3 Å². The van der Waals surface area contributed by atoms with E-state index in [1.54, 1.807) is 12.1 Å². The molecule has 0 spiro atoms. The van der Waals surface area contributed by atoms with Crippen LogP contribution in [0.4, 0.5) is 0 Å². The Kier molecular flexibility index (Phi) is 4.63. The molecule has 0 atom stereocenters. The normalized spacial score (nSPS) is 13.5. The number of aromatic amines is 2. The van der Waals surface area contributed by atoms with E-state index in [-0.39, 0.29) is 11.6 Å². The van der Waals surface area contributed by atoms with Crippen LogP contribution in [0, 0.1) is 6.92 Å². The van der Waals surface area contributed by atoms with E-state index in [2.05, 4.69) is 9.97 Å². The average Bonchev–Trinajstić information content (AvgIpc) is 3.48. The van der Waals surface area contributed by atoms with Gasteiger partial charge in [-0.15, -0.1) is 0 Å². The summed E-state index contributed by atoms with van der Waals surface area (Å²) in [6, 6.07) is 33.0. The zero-order valence-electron chi connectivity index (χ0n) is 20.1. The third kappa shape index (κ3) is 3.09. The molecule has 4 nitrogen and oxygen atoms in total. The van der Waals surface area contributed by atoms with Gasteiger partial charge in [-0.2, -0.15) is 0 Å². The third-order valence-corrected chi connectivity index (χ3v) is 7.28. The van der Waals surface area contributed by atoms with Crippen LogP contribution in [0.1, 0.15) is 37.5 Å². The van der Waals surface area contributed by atoms with E-state index in [0.29, 0.717) is 22.3 Å². The Labute approximate surface area is 213 Å². The van der Waals surface area contributed by atoms with E-state index in [1.807, 2.05) is 97.9 Å². The lowest BCUT2D eigenvalue weighted by atomic mass is 9.77. The molecule has 0 aliphatic heterocycles. The molecule has 2 heterocycles. The lowest BCUT2D eigenvalue weighted by Gasteiger charge is -2.22. The van der Waals surface area contributed by atoms with Crippen LogP contribution in [-0.4, -0.2) is 21.5 Å². The number of Topliss-reactive ketones (excluding diaryl/α,β-unsaturated/α-hetero) is 2. The number of aromatic nitrogens is 2. The van der Waals surface area contributed by atoms with E-state index in [1.165, 1.54) is 0 Å². The quantitative estimate of drug-likeness (QED) is 0.275. The Balaban J connectivity index is 1.67. The number of fused-ring (bicyclic) bond motifs is 3. The van der Waals surface area contributed by atoms with Crippen LogP contribution in [0.3, 0.4) is 0 Å². The van der Waals surface area contributed by atoms with Crippen molar-refractivity contribution in [2.24, 2.45) is 0 Å². The SMILES string of the molecule is Cc1[nH]c2ccccc2c1C1=C(c2c(-c3ccccc3)[nH]c3ccccc23)C(=O)c2ccccc2C1=O. The highest BCUT2D eigenvalue weighted by Crippen LogP contribution is 2.45. The maximum Gasteiger partial charge on any atom is 0.195 e. The van der Waals surface area contributed by atoms with E-state index < -0.39 is 0 Å². The molecule has 0 unspecified atom stereocenters. The van der Waals surface area contributed by atoms with Crippen molar-refractivity contribution >= 4 is 44.5 Å². The first-order valence-corrected chi connectivity index (χ1v) is 12.3. The fourth-order valence-corrected chi connectivity index (χ4v) is 5.67. The molecule has 0 bridgehead atoms. The number of para-hydroxylation sites is 2. The number of carbonyl (C=O) groups is 2. The largest absolute Gasteiger partial charge is 0.358 e. The topological polar surface area (TPSA) is 65.7 Å². The average molecular weight is 479 g/mol. The van der Waals surface area contributed by atoms with Crippen LogP contribution in [-0.2, 0) is 0 Å². The Morgan fingerprint density at radius 2 is 1.00 bits per heavy atom. The first-order chi connectivity index (χ1) is 18.1. The molecule has 0 amide bonds. The molecule has 7 rings (SSSR count). The number of hydrogen-bond acceptors (Lipinski definition) is 2. The molecule has 4 aromatic carbocycles. The van der Waals surface area contributed by atoms with Crippen LogP contribution in [0.2, 0.25) is 0 Å². The summed E-state index contributed by atoms with van der Waals surface area (Å²) >= 11 is 0. The zero-order chi connectivity index (χ0) is 25.1. The summed E-state index contributed by atoms with van der Waals surface area (Å²) < 4.78 is 0. The lowest BCUT2D eigenvalue weighted by Crippen LogP contribution is -2.21. The zero-order valence-corrected chi connectivity index (χ0v) is 20.1. The molecule has 0 radical (unpaired) electrons. The summed E-state index contributed by atoms with van der Waals surface area (Å²) in [5.74, 6) is -0.279. The van der Waals surface area contributed by atoms with Gasteiger partial charge in [0.05, 0.1) is 5.69 Å². The van der Waals surface area contributed by atoms with Crippen LogP contribution in [0.25, 0.3) is 44.2 Å². The third-order valence-electron chi connectivity index (χ3n) is 7.28. The van der Waals surface area contributed by atoms with E-state index in [9.17, 15) is 9.59 Å². The molecular weight excluding hydrogens is 456 g/mol. The monoisotopic (exact) mass is 478 g/mol. The second-order valence-electron chi connectivity index (χ2n) is 9.41. The minimum atomic E-state index is -0.142. The molecule has 0 fully saturated rings. The van der Waals surface area contributed by atoms with Gasteiger partial charge in [0.1, 0.15) is 0 Å². The van der Waals surface area contributed by atoms with Gasteiger partial charge in [-0.05, 0) is 24.6 Å². The van der Waals surface area contributed by atoms with E-state index in [0.717, 1.165) is 49.9 Å². The predicted octanol–water partition coefficient (Wildman–Crippen LogP) is 7.61. The molecule has 0 saturated carbocycles. The number of carbonyl (C=O) groups excluding carboxylic acids is 2. The number of hydrogen-bond donors (Lipinski definition) is 2. The van der Waals surface area contributed by atoms with E-state index in [4.69, 9.17) is 0 Å². The summed E-state index contributed by atoms with van der Waals surface area (Å²) in [5.41, 5.74) is 7.79. The van der Waals surface area contributed by atoms with Crippen molar-refractivity contribution in [2.45, 2.75) is 6.92 Å². The van der Waals surface area contributed by atoms with Crippen LogP contribution in [0.15, 0.2) is 103 Å². The Morgan fingerprint density at radius 1 is 0.514 bits per heavy atom. The van der Waals surface area contributed by atoms with Crippen LogP contribution in [0.5, 0.6) is 0 Å². The van der Waals surface area contributed by atoms with Gasteiger partial charge in [0.15, 0.2) is 11.6 Å². The van der Waals surface area contributed by atoms with Gasteiger partial charge in [-0.3, -0.25) is 9.59 Å². The van der Waals surface area contributed by atoms with Gasteiger partial charge in [0.2, 0.25) is 0 Å². The van der Waals surface area contributed by atoms with Gasteiger partial charge in [-0.25, -0.2) is 0 Å². The van der Waals surface area contributed by atoms with Crippen molar-refractivity contribution in [3.63, 3.8) is 0 Å². The first-order valence-electron chi connectivity index (χ1n) is 12.3. The summed E-state index contributed by atoms with van der Waals surface area (Å²) in [6.45, 7) is 1.96.